The number of amides is 3. The van der Waals surface area contributed by atoms with Gasteiger partial charge in [-0.2, -0.15) is 0 Å². The Morgan fingerprint density at radius 3 is 2.67 bits per heavy atom. The minimum absolute atomic E-state index is 0.0752. The van der Waals surface area contributed by atoms with E-state index in [9.17, 15) is 9.59 Å². The number of methoxy groups -OCH3 is 2. The highest BCUT2D eigenvalue weighted by molar-refractivity contribution is 6.01. The lowest BCUT2D eigenvalue weighted by atomic mass is 9.96. The quantitative estimate of drug-likeness (QED) is 0.674. The third-order valence-corrected chi connectivity index (χ3v) is 4.68. The van der Waals surface area contributed by atoms with Gasteiger partial charge in [0.15, 0.2) is 11.5 Å². The third-order valence-electron chi connectivity index (χ3n) is 4.68. The maximum atomic E-state index is 13.0. The second-order valence-corrected chi connectivity index (χ2v) is 6.32. The Bertz CT molecular complexity index is 762. The van der Waals surface area contributed by atoms with Crippen LogP contribution in [0, 0.1) is 0 Å². The van der Waals surface area contributed by atoms with E-state index in [0.717, 1.165) is 12.0 Å². The molecule has 0 spiro atoms. The van der Waals surface area contributed by atoms with Crippen LogP contribution in [0.4, 0.5) is 4.79 Å². The molecule has 0 unspecified atom stereocenters. The Hall–Kier alpha value is -2.74. The molecule has 0 radical (unpaired) electrons. The third kappa shape index (κ3) is 3.85. The van der Waals surface area contributed by atoms with Crippen molar-refractivity contribution in [1.82, 2.24) is 15.5 Å². The number of hydrogen-bond acceptors (Lipinski definition) is 5. The van der Waals surface area contributed by atoms with Crippen molar-refractivity contribution in [2.75, 3.05) is 40.5 Å². The molecule has 0 fully saturated rings. The Balaban J connectivity index is 1.83. The number of carbonyl (C=O) groups excluding carboxylic acids is 2. The van der Waals surface area contributed by atoms with E-state index in [1.165, 1.54) is 0 Å². The number of urea groups is 1. The van der Waals surface area contributed by atoms with Gasteiger partial charge >= 0.3 is 6.03 Å². The van der Waals surface area contributed by atoms with Crippen LogP contribution >= 0.6 is 0 Å². The van der Waals surface area contributed by atoms with E-state index in [-0.39, 0.29) is 11.9 Å². The molecule has 0 saturated carbocycles. The molecule has 0 saturated heterocycles. The Morgan fingerprint density at radius 1 is 1.19 bits per heavy atom. The van der Waals surface area contributed by atoms with Gasteiger partial charge in [0.05, 0.1) is 38.1 Å². The average molecular weight is 375 g/mol. The van der Waals surface area contributed by atoms with Crippen molar-refractivity contribution in [3.8, 4) is 11.5 Å². The van der Waals surface area contributed by atoms with Crippen molar-refractivity contribution >= 4 is 11.9 Å². The van der Waals surface area contributed by atoms with Crippen LogP contribution in [-0.4, -0.2) is 57.4 Å². The summed E-state index contributed by atoms with van der Waals surface area (Å²) in [6.45, 7) is 4.19. The summed E-state index contributed by atoms with van der Waals surface area (Å²) >= 11 is 0. The van der Waals surface area contributed by atoms with E-state index in [1.54, 1.807) is 31.3 Å². The van der Waals surface area contributed by atoms with Gasteiger partial charge in [-0.1, -0.05) is 6.07 Å². The van der Waals surface area contributed by atoms with E-state index >= 15 is 0 Å². The van der Waals surface area contributed by atoms with Crippen LogP contribution in [0.2, 0.25) is 0 Å². The molecule has 27 heavy (non-hydrogen) atoms. The van der Waals surface area contributed by atoms with Gasteiger partial charge in [0.25, 0.3) is 5.91 Å². The minimum atomic E-state index is -0.530. The first-order valence-electron chi connectivity index (χ1n) is 8.98. The van der Waals surface area contributed by atoms with Gasteiger partial charge in [0.1, 0.15) is 0 Å². The molecule has 3 amide bonds. The van der Waals surface area contributed by atoms with Gasteiger partial charge in [-0.3, -0.25) is 4.79 Å². The molecule has 2 N–H and O–H groups in total. The zero-order valence-corrected chi connectivity index (χ0v) is 15.8. The number of hydrogen-bond donors (Lipinski definition) is 2. The first kappa shape index (κ1) is 19.0. The SMILES string of the molecule is CCOCCCN1CC2=C(C1=O)[C@H](c1ccc(OC)c(OC)c1)NC(=O)N2. The molecular formula is C19H25N3O5. The van der Waals surface area contributed by atoms with Crippen LogP contribution in [0.1, 0.15) is 24.9 Å². The number of nitrogens with one attached hydrogen (secondary N) is 2. The highest BCUT2D eigenvalue weighted by atomic mass is 16.5. The monoisotopic (exact) mass is 375 g/mol. The number of ether oxygens (including phenoxy) is 3. The van der Waals surface area contributed by atoms with E-state index < -0.39 is 6.04 Å². The summed E-state index contributed by atoms with van der Waals surface area (Å²) in [5.74, 6) is 1.06. The molecule has 3 rings (SSSR count). The van der Waals surface area contributed by atoms with Crippen molar-refractivity contribution in [2.24, 2.45) is 0 Å². The summed E-state index contributed by atoms with van der Waals surface area (Å²) in [6.07, 6.45) is 0.753. The highest BCUT2D eigenvalue weighted by Crippen LogP contribution is 2.36. The minimum Gasteiger partial charge on any atom is -0.493 e. The van der Waals surface area contributed by atoms with E-state index in [4.69, 9.17) is 14.2 Å². The van der Waals surface area contributed by atoms with Crippen molar-refractivity contribution in [1.29, 1.82) is 0 Å². The molecule has 8 heteroatoms. The first-order valence-corrected chi connectivity index (χ1v) is 8.98. The second kappa shape index (κ2) is 8.30. The lowest BCUT2D eigenvalue weighted by Crippen LogP contribution is -2.44. The zero-order chi connectivity index (χ0) is 19.4. The number of carbonyl (C=O) groups is 2. The fourth-order valence-electron chi connectivity index (χ4n) is 3.39. The predicted octanol–water partition coefficient (Wildman–Crippen LogP) is 1.58. The molecule has 1 aromatic rings. The lowest BCUT2D eigenvalue weighted by molar-refractivity contribution is -0.126. The summed E-state index contributed by atoms with van der Waals surface area (Å²) in [5, 5.41) is 5.61. The molecule has 0 aromatic heterocycles. The lowest BCUT2D eigenvalue weighted by Gasteiger charge is -2.26. The summed E-state index contributed by atoms with van der Waals surface area (Å²) in [7, 11) is 3.11. The Labute approximate surface area is 158 Å². The van der Waals surface area contributed by atoms with Crippen LogP contribution < -0.4 is 20.1 Å². The van der Waals surface area contributed by atoms with Crippen molar-refractivity contribution in [3.05, 3.63) is 35.0 Å². The summed E-state index contributed by atoms with van der Waals surface area (Å²) in [5.41, 5.74) is 1.98. The van der Waals surface area contributed by atoms with Gasteiger partial charge in [-0.15, -0.1) is 0 Å². The van der Waals surface area contributed by atoms with Gasteiger partial charge in [-0.05, 0) is 31.0 Å². The van der Waals surface area contributed by atoms with Gasteiger partial charge < -0.3 is 29.7 Å². The maximum Gasteiger partial charge on any atom is 0.319 e. The van der Waals surface area contributed by atoms with Crippen molar-refractivity contribution in [3.63, 3.8) is 0 Å². The highest BCUT2D eigenvalue weighted by Gasteiger charge is 2.40. The Kier molecular flexibility index (Phi) is 5.85. The van der Waals surface area contributed by atoms with Crippen molar-refractivity contribution in [2.45, 2.75) is 19.4 Å². The molecule has 2 heterocycles. The van der Waals surface area contributed by atoms with Gasteiger partial charge in [0.2, 0.25) is 0 Å². The maximum absolute atomic E-state index is 13.0. The number of benzene rings is 1. The summed E-state index contributed by atoms with van der Waals surface area (Å²) in [4.78, 5) is 26.8. The van der Waals surface area contributed by atoms with Crippen LogP contribution in [0.25, 0.3) is 0 Å². The molecule has 2 aliphatic rings. The molecule has 8 nitrogen and oxygen atoms in total. The van der Waals surface area contributed by atoms with E-state index in [2.05, 4.69) is 10.6 Å². The first-order chi connectivity index (χ1) is 13.1. The molecule has 1 atom stereocenters. The fraction of sp³-hybridized carbons (Fsp3) is 0.474. The summed E-state index contributed by atoms with van der Waals surface area (Å²) < 4.78 is 16.0. The Morgan fingerprint density at radius 2 is 1.96 bits per heavy atom. The molecule has 146 valence electrons. The largest absolute Gasteiger partial charge is 0.493 e. The van der Waals surface area contributed by atoms with Gasteiger partial charge in [0, 0.05) is 19.8 Å². The normalized spacial score (nSPS) is 18.9. The number of rotatable bonds is 8. The second-order valence-electron chi connectivity index (χ2n) is 6.32. The molecule has 1 aromatic carbocycles. The number of nitrogens with zero attached hydrogens (tertiary/aromatic N) is 1. The van der Waals surface area contributed by atoms with E-state index in [1.807, 2.05) is 13.0 Å². The smallest absolute Gasteiger partial charge is 0.319 e. The fourth-order valence-corrected chi connectivity index (χ4v) is 3.39. The van der Waals surface area contributed by atoms with E-state index in [0.29, 0.717) is 49.1 Å². The molecule has 0 aliphatic carbocycles. The zero-order valence-electron chi connectivity index (χ0n) is 15.8. The average Bonchev–Trinajstić information content (AvgIpc) is 2.99. The summed E-state index contributed by atoms with van der Waals surface area (Å²) in [6, 6.07) is 4.52. The van der Waals surface area contributed by atoms with Crippen LogP contribution in [0.3, 0.4) is 0 Å². The van der Waals surface area contributed by atoms with Gasteiger partial charge in [-0.25, -0.2) is 4.79 Å². The van der Waals surface area contributed by atoms with Crippen LogP contribution in [0.15, 0.2) is 29.5 Å². The topological polar surface area (TPSA) is 89.1 Å². The van der Waals surface area contributed by atoms with Crippen LogP contribution in [-0.2, 0) is 9.53 Å². The van der Waals surface area contributed by atoms with Crippen LogP contribution in [0.5, 0.6) is 11.5 Å². The predicted molar refractivity (Wildman–Crippen MR) is 98.7 cm³/mol. The molecule has 2 aliphatic heterocycles. The molecular weight excluding hydrogens is 350 g/mol. The van der Waals surface area contributed by atoms with Crippen molar-refractivity contribution < 1.29 is 23.8 Å². The molecule has 0 bridgehead atoms. The standard InChI is InChI=1S/C19H25N3O5/c1-4-27-9-5-8-22-11-13-16(18(22)23)17(21-19(24)20-13)12-6-7-14(25-2)15(10-12)26-3/h6-7,10,17H,4-5,8-9,11H2,1-3H3,(H2,20,21,24)/t17-/m0/s1.